The summed E-state index contributed by atoms with van der Waals surface area (Å²) in [7, 11) is 0. The van der Waals surface area contributed by atoms with Gasteiger partial charge in [-0.3, -0.25) is 4.79 Å². The van der Waals surface area contributed by atoms with Crippen molar-refractivity contribution in [3.05, 3.63) is 52.0 Å². The maximum Gasteiger partial charge on any atom is 0.256 e. The predicted molar refractivity (Wildman–Crippen MR) is 100 cm³/mol. The van der Waals surface area contributed by atoms with Gasteiger partial charge in [-0.05, 0) is 42.8 Å². The van der Waals surface area contributed by atoms with Crippen LogP contribution in [0.2, 0.25) is 0 Å². The third-order valence-electron chi connectivity index (χ3n) is 4.64. The number of hydrogen-bond acceptors (Lipinski definition) is 4. The number of fused-ring (bicyclic) bond motifs is 1. The summed E-state index contributed by atoms with van der Waals surface area (Å²) >= 11 is 1.52. The molecular weight excluding hydrogens is 332 g/mol. The van der Waals surface area contributed by atoms with Gasteiger partial charge >= 0.3 is 0 Å². The van der Waals surface area contributed by atoms with Crippen LogP contribution in [0.1, 0.15) is 41.0 Å². The third kappa shape index (κ3) is 3.22. The second kappa shape index (κ2) is 6.80. The molecule has 25 heavy (non-hydrogen) atoms. The fraction of sp³-hybridized carbons (Fsp3) is 0.316. The van der Waals surface area contributed by atoms with Gasteiger partial charge in [-0.2, -0.15) is 11.3 Å². The maximum atomic E-state index is 12.4. The van der Waals surface area contributed by atoms with Crippen LogP contribution in [0.5, 0.6) is 0 Å². The van der Waals surface area contributed by atoms with Gasteiger partial charge in [0.25, 0.3) is 5.91 Å². The van der Waals surface area contributed by atoms with Crippen LogP contribution in [0, 0.1) is 6.92 Å². The molecule has 1 amide bonds. The van der Waals surface area contributed by atoms with Gasteiger partial charge in [-0.25, -0.2) is 0 Å². The highest BCUT2D eigenvalue weighted by atomic mass is 32.1. The van der Waals surface area contributed by atoms with Crippen molar-refractivity contribution >= 4 is 22.9 Å². The molecule has 0 fully saturated rings. The van der Waals surface area contributed by atoms with E-state index in [2.05, 4.69) is 26.1 Å². The Morgan fingerprint density at radius 2 is 2.12 bits per heavy atom. The highest BCUT2D eigenvalue weighted by molar-refractivity contribution is 7.08. The number of nitrogens with zero attached hydrogens (tertiary/aromatic N) is 3. The Morgan fingerprint density at radius 1 is 1.20 bits per heavy atom. The first kappa shape index (κ1) is 16.0. The van der Waals surface area contributed by atoms with Crippen LogP contribution in [-0.4, -0.2) is 20.7 Å². The molecule has 0 bridgehead atoms. The molecule has 1 aromatic carbocycles. The first-order valence-electron chi connectivity index (χ1n) is 8.59. The molecule has 0 saturated heterocycles. The van der Waals surface area contributed by atoms with Gasteiger partial charge in [-0.1, -0.05) is 18.6 Å². The summed E-state index contributed by atoms with van der Waals surface area (Å²) in [6, 6.07) is 7.91. The monoisotopic (exact) mass is 352 g/mol. The van der Waals surface area contributed by atoms with Crippen LogP contribution in [0.4, 0.5) is 5.69 Å². The summed E-state index contributed by atoms with van der Waals surface area (Å²) in [5.41, 5.74) is 3.53. The van der Waals surface area contributed by atoms with E-state index >= 15 is 0 Å². The van der Waals surface area contributed by atoms with E-state index in [0.717, 1.165) is 47.8 Å². The van der Waals surface area contributed by atoms with Crippen LogP contribution in [0.15, 0.2) is 35.0 Å². The molecule has 4 rings (SSSR count). The molecule has 0 unspecified atom stereocenters. The second-order valence-electron chi connectivity index (χ2n) is 6.40. The summed E-state index contributed by atoms with van der Waals surface area (Å²) in [5, 5.41) is 15.6. The lowest BCUT2D eigenvalue weighted by molar-refractivity contribution is 0.102. The van der Waals surface area contributed by atoms with E-state index in [0.29, 0.717) is 5.56 Å². The lowest BCUT2D eigenvalue weighted by Gasteiger charge is -2.11. The minimum atomic E-state index is -0.0819. The third-order valence-corrected chi connectivity index (χ3v) is 5.32. The number of aryl methyl sites for hydroxylation is 2. The van der Waals surface area contributed by atoms with Crippen LogP contribution in [0.25, 0.3) is 11.4 Å². The highest BCUT2D eigenvalue weighted by Crippen LogP contribution is 2.27. The summed E-state index contributed by atoms with van der Waals surface area (Å²) in [4.78, 5) is 12.4. The lowest BCUT2D eigenvalue weighted by Crippen LogP contribution is -2.12. The first-order valence-corrected chi connectivity index (χ1v) is 9.53. The van der Waals surface area contributed by atoms with Gasteiger partial charge in [0.05, 0.1) is 5.56 Å². The van der Waals surface area contributed by atoms with E-state index in [1.807, 2.05) is 35.9 Å². The molecule has 0 saturated carbocycles. The summed E-state index contributed by atoms with van der Waals surface area (Å²) < 4.78 is 2.22. The van der Waals surface area contributed by atoms with Crippen molar-refractivity contribution in [3.8, 4) is 11.4 Å². The highest BCUT2D eigenvalue weighted by Gasteiger charge is 2.17. The van der Waals surface area contributed by atoms with Crippen molar-refractivity contribution < 1.29 is 4.79 Å². The average Bonchev–Trinajstić information content (AvgIpc) is 3.23. The number of carbonyl (C=O) groups is 1. The molecule has 5 nitrogen and oxygen atoms in total. The Labute approximate surface area is 150 Å². The average molecular weight is 352 g/mol. The lowest BCUT2D eigenvalue weighted by atomic mass is 10.1. The fourth-order valence-electron chi connectivity index (χ4n) is 3.18. The molecule has 0 radical (unpaired) electrons. The summed E-state index contributed by atoms with van der Waals surface area (Å²) in [6.07, 6.45) is 4.55. The SMILES string of the molecule is Cc1ccc(-c2nnc3n2CCCCC3)cc1NC(=O)c1ccsc1. The Hall–Kier alpha value is -2.47. The predicted octanol–water partition coefficient (Wildman–Crippen LogP) is 4.29. The van der Waals surface area contributed by atoms with Gasteiger partial charge in [0.1, 0.15) is 5.82 Å². The van der Waals surface area contributed by atoms with Crippen molar-refractivity contribution in [2.24, 2.45) is 0 Å². The number of hydrogen-bond donors (Lipinski definition) is 1. The number of benzene rings is 1. The number of anilines is 1. The first-order chi connectivity index (χ1) is 12.2. The molecule has 3 aromatic rings. The van der Waals surface area contributed by atoms with Gasteiger partial charge in [0, 0.05) is 29.6 Å². The van der Waals surface area contributed by atoms with Crippen LogP contribution < -0.4 is 5.32 Å². The second-order valence-corrected chi connectivity index (χ2v) is 7.18. The number of aromatic nitrogens is 3. The Kier molecular flexibility index (Phi) is 4.36. The standard InChI is InChI=1S/C19H20N4OS/c1-13-6-7-14(11-16(13)20-19(24)15-8-10-25-12-15)18-22-21-17-5-3-2-4-9-23(17)18/h6-8,10-12H,2-5,9H2,1H3,(H,20,24). The fourth-order valence-corrected chi connectivity index (χ4v) is 3.82. The minimum absolute atomic E-state index is 0.0819. The molecule has 1 N–H and O–H groups in total. The topological polar surface area (TPSA) is 59.8 Å². The molecule has 1 aliphatic heterocycles. The molecule has 3 heterocycles. The van der Waals surface area contributed by atoms with E-state index < -0.39 is 0 Å². The Bertz CT molecular complexity index is 898. The number of thiophene rings is 1. The smallest absolute Gasteiger partial charge is 0.256 e. The van der Waals surface area contributed by atoms with E-state index in [-0.39, 0.29) is 5.91 Å². The molecule has 6 heteroatoms. The number of amides is 1. The molecular formula is C19H20N4OS. The largest absolute Gasteiger partial charge is 0.322 e. The maximum absolute atomic E-state index is 12.4. The molecule has 2 aromatic heterocycles. The summed E-state index contributed by atoms with van der Waals surface area (Å²) in [5.74, 6) is 1.88. The molecule has 1 aliphatic rings. The zero-order valence-corrected chi connectivity index (χ0v) is 15.0. The van der Waals surface area contributed by atoms with E-state index in [9.17, 15) is 4.79 Å². The van der Waals surface area contributed by atoms with Crippen molar-refractivity contribution in [2.75, 3.05) is 5.32 Å². The number of nitrogens with one attached hydrogen (secondary N) is 1. The Balaban J connectivity index is 1.66. The zero-order chi connectivity index (χ0) is 17.2. The van der Waals surface area contributed by atoms with E-state index in [1.165, 1.54) is 24.2 Å². The van der Waals surface area contributed by atoms with Gasteiger partial charge in [0.2, 0.25) is 0 Å². The molecule has 0 atom stereocenters. The van der Waals surface area contributed by atoms with E-state index in [1.54, 1.807) is 0 Å². The van der Waals surface area contributed by atoms with Crippen LogP contribution in [0.3, 0.4) is 0 Å². The van der Waals surface area contributed by atoms with Crippen molar-refractivity contribution in [1.82, 2.24) is 14.8 Å². The molecule has 0 aliphatic carbocycles. The summed E-state index contributed by atoms with van der Waals surface area (Å²) in [6.45, 7) is 2.96. The quantitative estimate of drug-likeness (QED) is 0.765. The van der Waals surface area contributed by atoms with Gasteiger partial charge in [-0.15, -0.1) is 10.2 Å². The number of carbonyl (C=O) groups excluding carboxylic acids is 1. The van der Waals surface area contributed by atoms with Crippen LogP contribution >= 0.6 is 11.3 Å². The van der Waals surface area contributed by atoms with Crippen molar-refractivity contribution in [3.63, 3.8) is 0 Å². The molecule has 0 spiro atoms. The van der Waals surface area contributed by atoms with Crippen molar-refractivity contribution in [1.29, 1.82) is 0 Å². The van der Waals surface area contributed by atoms with Crippen molar-refractivity contribution in [2.45, 2.75) is 39.2 Å². The van der Waals surface area contributed by atoms with Gasteiger partial charge in [0.15, 0.2) is 5.82 Å². The Morgan fingerprint density at radius 3 is 2.96 bits per heavy atom. The normalized spacial score (nSPS) is 14.0. The number of rotatable bonds is 3. The van der Waals surface area contributed by atoms with E-state index in [4.69, 9.17) is 0 Å². The van der Waals surface area contributed by atoms with Gasteiger partial charge < -0.3 is 9.88 Å². The van der Waals surface area contributed by atoms with Crippen LogP contribution in [-0.2, 0) is 13.0 Å². The molecule has 128 valence electrons. The minimum Gasteiger partial charge on any atom is -0.322 e. The zero-order valence-electron chi connectivity index (χ0n) is 14.2.